The molecule has 0 aliphatic carbocycles. The summed E-state index contributed by atoms with van der Waals surface area (Å²) in [6.45, 7) is 2.90. The number of aryl methyl sites for hydroxylation is 1. The molecule has 0 atom stereocenters. The van der Waals surface area contributed by atoms with Gasteiger partial charge in [0.05, 0.1) is 4.92 Å². The van der Waals surface area contributed by atoms with Crippen LogP contribution in [0.15, 0.2) is 110 Å². The predicted molar refractivity (Wildman–Crippen MR) is 158 cm³/mol. The topological polar surface area (TPSA) is 108 Å². The summed E-state index contributed by atoms with van der Waals surface area (Å²) >= 11 is 0. The van der Waals surface area contributed by atoms with Crippen LogP contribution in [0.5, 0.6) is 0 Å². The van der Waals surface area contributed by atoms with Crippen molar-refractivity contribution in [1.29, 1.82) is 0 Å². The lowest BCUT2D eigenvalue weighted by molar-refractivity contribution is -0.384. The highest BCUT2D eigenvalue weighted by atomic mass is 16.6. The minimum Gasteiger partial charge on any atom is -0.364 e. The molecule has 0 fully saturated rings. The van der Waals surface area contributed by atoms with Gasteiger partial charge in [-0.3, -0.25) is 14.7 Å². The molecular weight excluding hydrogens is 516 g/mol. The summed E-state index contributed by atoms with van der Waals surface area (Å²) < 4.78 is 8.46. The molecule has 0 spiro atoms. The molecule has 2 aromatic heterocycles. The van der Waals surface area contributed by atoms with Crippen LogP contribution < -0.4 is 5.32 Å². The molecular formula is C32H32N6O3. The van der Waals surface area contributed by atoms with Crippen molar-refractivity contribution >= 4 is 11.5 Å². The summed E-state index contributed by atoms with van der Waals surface area (Å²) in [5.41, 5.74) is 2.19. The van der Waals surface area contributed by atoms with Gasteiger partial charge in [-0.25, -0.2) is 15.0 Å². The van der Waals surface area contributed by atoms with E-state index in [1.54, 1.807) is 17.0 Å². The van der Waals surface area contributed by atoms with Crippen LogP contribution in [-0.2, 0) is 16.8 Å². The van der Waals surface area contributed by atoms with Crippen LogP contribution in [-0.4, -0.2) is 37.6 Å². The normalized spacial score (nSPS) is 11.3. The fraction of sp³-hybridized carbons (Fsp3) is 0.219. The fourth-order valence-electron chi connectivity index (χ4n) is 5.06. The Balaban J connectivity index is 1.31. The molecule has 3 aromatic carbocycles. The molecule has 0 saturated carbocycles. The molecule has 0 saturated heterocycles. The van der Waals surface area contributed by atoms with Gasteiger partial charge in [-0.15, -0.1) is 0 Å². The van der Waals surface area contributed by atoms with Crippen molar-refractivity contribution in [2.75, 3.05) is 18.5 Å². The Morgan fingerprint density at radius 2 is 1.44 bits per heavy atom. The lowest BCUT2D eigenvalue weighted by atomic mass is 9.80. The van der Waals surface area contributed by atoms with Crippen LogP contribution in [0.25, 0.3) is 5.82 Å². The molecule has 0 bridgehead atoms. The highest BCUT2D eigenvalue weighted by molar-refractivity contribution is 5.64. The highest BCUT2D eigenvalue weighted by Gasteiger charge is 2.37. The van der Waals surface area contributed by atoms with Crippen molar-refractivity contribution in [1.82, 2.24) is 19.5 Å². The van der Waals surface area contributed by atoms with E-state index in [2.05, 4.69) is 56.7 Å². The Labute approximate surface area is 239 Å². The molecule has 0 aliphatic rings. The van der Waals surface area contributed by atoms with Gasteiger partial charge >= 0.3 is 5.69 Å². The van der Waals surface area contributed by atoms with Crippen LogP contribution >= 0.6 is 0 Å². The van der Waals surface area contributed by atoms with Crippen LogP contribution in [0.1, 0.15) is 42.3 Å². The van der Waals surface area contributed by atoms with Gasteiger partial charge in [0.15, 0.2) is 0 Å². The van der Waals surface area contributed by atoms with Gasteiger partial charge < -0.3 is 10.1 Å². The van der Waals surface area contributed by atoms with E-state index in [1.165, 1.54) is 6.33 Å². The molecule has 5 rings (SSSR count). The largest absolute Gasteiger partial charge is 0.364 e. The van der Waals surface area contributed by atoms with Crippen molar-refractivity contribution in [3.8, 4) is 5.82 Å². The van der Waals surface area contributed by atoms with Crippen molar-refractivity contribution in [2.45, 2.75) is 31.8 Å². The third kappa shape index (κ3) is 5.85. The summed E-state index contributed by atoms with van der Waals surface area (Å²) in [7, 11) is 0. The molecule has 5 aromatic rings. The number of hydrogen-bond acceptors (Lipinski definition) is 7. The number of nitro groups is 1. The zero-order chi connectivity index (χ0) is 28.5. The lowest BCUT2D eigenvalue weighted by Gasteiger charge is -2.36. The third-order valence-corrected chi connectivity index (χ3v) is 6.97. The van der Waals surface area contributed by atoms with E-state index in [0.717, 1.165) is 29.5 Å². The number of nitrogens with one attached hydrogen (secondary N) is 1. The molecule has 208 valence electrons. The van der Waals surface area contributed by atoms with Gasteiger partial charge in [0.25, 0.3) is 0 Å². The highest BCUT2D eigenvalue weighted by Crippen LogP contribution is 2.40. The van der Waals surface area contributed by atoms with Crippen LogP contribution in [0.3, 0.4) is 0 Å². The average Bonchev–Trinajstić information content (AvgIpc) is 3.51. The SMILES string of the molecule is CCc1nccn1-c1ncnc(NCCCCOC(c2ccccc2)(c2ccccc2)c2ccccc2)c1[N+](=O)[O-]. The number of unbranched alkanes of at least 4 members (excludes halogenated alkanes) is 1. The van der Waals surface area contributed by atoms with Gasteiger partial charge in [0, 0.05) is 32.0 Å². The van der Waals surface area contributed by atoms with E-state index < -0.39 is 10.5 Å². The second-order valence-corrected chi connectivity index (χ2v) is 9.48. The minimum atomic E-state index is -0.778. The summed E-state index contributed by atoms with van der Waals surface area (Å²) in [6, 6.07) is 30.7. The van der Waals surface area contributed by atoms with Crippen LogP contribution in [0.4, 0.5) is 11.5 Å². The number of imidazole rings is 1. The van der Waals surface area contributed by atoms with Gasteiger partial charge in [-0.1, -0.05) is 97.9 Å². The maximum atomic E-state index is 12.0. The number of benzene rings is 3. The summed E-state index contributed by atoms with van der Waals surface area (Å²) in [6.07, 6.45) is 6.69. The van der Waals surface area contributed by atoms with Gasteiger partial charge in [0.1, 0.15) is 17.8 Å². The minimum absolute atomic E-state index is 0.173. The Hall–Kier alpha value is -4.89. The molecule has 9 nitrogen and oxygen atoms in total. The molecule has 2 heterocycles. The van der Waals surface area contributed by atoms with Crippen LogP contribution in [0, 0.1) is 10.1 Å². The van der Waals surface area contributed by atoms with E-state index in [9.17, 15) is 10.1 Å². The number of anilines is 1. The van der Waals surface area contributed by atoms with Crippen molar-refractivity contribution in [3.05, 3.63) is 142 Å². The van der Waals surface area contributed by atoms with Crippen molar-refractivity contribution < 1.29 is 9.66 Å². The summed E-state index contributed by atoms with van der Waals surface area (Å²) in [4.78, 5) is 24.2. The zero-order valence-electron chi connectivity index (χ0n) is 22.9. The predicted octanol–water partition coefficient (Wildman–Crippen LogP) is 6.33. The lowest BCUT2D eigenvalue weighted by Crippen LogP contribution is -2.33. The smallest absolute Gasteiger partial charge is 0.354 e. The maximum absolute atomic E-state index is 12.0. The number of aromatic nitrogens is 4. The first-order valence-electron chi connectivity index (χ1n) is 13.7. The Bertz CT molecular complexity index is 1460. The van der Waals surface area contributed by atoms with E-state index in [-0.39, 0.29) is 17.3 Å². The van der Waals surface area contributed by atoms with E-state index in [1.807, 2.05) is 61.5 Å². The van der Waals surface area contributed by atoms with E-state index in [4.69, 9.17) is 4.74 Å². The number of hydrogen-bond donors (Lipinski definition) is 1. The number of nitrogens with zero attached hydrogens (tertiary/aromatic N) is 5. The molecule has 0 unspecified atom stereocenters. The first-order valence-corrected chi connectivity index (χ1v) is 13.7. The van der Waals surface area contributed by atoms with Gasteiger partial charge in [0.2, 0.25) is 11.6 Å². The quantitative estimate of drug-likeness (QED) is 0.0792. The second-order valence-electron chi connectivity index (χ2n) is 9.48. The first-order chi connectivity index (χ1) is 20.1. The number of rotatable bonds is 13. The zero-order valence-corrected chi connectivity index (χ0v) is 22.9. The fourth-order valence-corrected chi connectivity index (χ4v) is 5.06. The Kier molecular flexibility index (Phi) is 8.76. The van der Waals surface area contributed by atoms with Crippen molar-refractivity contribution in [3.63, 3.8) is 0 Å². The van der Waals surface area contributed by atoms with E-state index in [0.29, 0.717) is 25.4 Å². The van der Waals surface area contributed by atoms with Gasteiger partial charge in [-0.05, 0) is 29.5 Å². The molecule has 41 heavy (non-hydrogen) atoms. The Morgan fingerprint density at radius 1 is 0.854 bits per heavy atom. The first kappa shape index (κ1) is 27.7. The average molecular weight is 549 g/mol. The monoisotopic (exact) mass is 548 g/mol. The molecule has 0 radical (unpaired) electrons. The summed E-state index contributed by atoms with van der Waals surface area (Å²) in [5.74, 6) is 1.07. The van der Waals surface area contributed by atoms with Crippen molar-refractivity contribution in [2.24, 2.45) is 0 Å². The van der Waals surface area contributed by atoms with Gasteiger partial charge in [-0.2, -0.15) is 0 Å². The second kappa shape index (κ2) is 13.0. The van der Waals surface area contributed by atoms with E-state index >= 15 is 0 Å². The third-order valence-electron chi connectivity index (χ3n) is 6.97. The Morgan fingerprint density at radius 3 is 1.98 bits per heavy atom. The standard InChI is InChI=1S/C32H32N6O3/c1-2-28-33-21-22-37(28)31-29(38(39)40)30(35-24-36-31)34-20-12-13-23-41-32(25-14-6-3-7-15-25,26-16-8-4-9-17-26)27-18-10-5-11-19-27/h3-11,14-19,21-22,24H,2,12-13,20,23H2,1H3,(H,34,35,36). The molecule has 0 aliphatic heterocycles. The maximum Gasteiger partial charge on any atom is 0.354 e. The molecule has 1 N–H and O–H groups in total. The van der Waals surface area contributed by atoms with Crippen LogP contribution in [0.2, 0.25) is 0 Å². The molecule has 0 amide bonds. The summed E-state index contributed by atoms with van der Waals surface area (Å²) in [5, 5.41) is 15.2. The molecule has 9 heteroatoms. The number of ether oxygens (including phenoxy) is 1.